The second-order valence-corrected chi connectivity index (χ2v) is 9.45. The summed E-state index contributed by atoms with van der Waals surface area (Å²) in [5.74, 6) is -1.38. The smallest absolute Gasteiger partial charge is 0.263 e. The van der Waals surface area contributed by atoms with E-state index in [-0.39, 0.29) is 17.9 Å². The average molecular weight is 469 g/mol. The van der Waals surface area contributed by atoms with Crippen LogP contribution < -0.4 is 16.6 Å². The zero-order valence-corrected chi connectivity index (χ0v) is 18.3. The number of amides is 2. The first kappa shape index (κ1) is 20.5. The van der Waals surface area contributed by atoms with Crippen molar-refractivity contribution in [2.45, 2.75) is 25.8 Å². The number of hydrogen-bond donors (Lipinski definition) is 2. The number of thiophene rings is 2. The second-order valence-electron chi connectivity index (χ2n) is 7.49. The summed E-state index contributed by atoms with van der Waals surface area (Å²) in [5.41, 5.74) is 7.80. The summed E-state index contributed by atoms with van der Waals surface area (Å²) in [6, 6.07) is 5.86. The van der Waals surface area contributed by atoms with Gasteiger partial charge in [-0.2, -0.15) is 0 Å². The standard InChI is InChI=1S/C22H17FN4O3S2/c23-12-6-4-11(5-7-12)14-9-31-20-18(14)22(30)27(10-25-20)8-16(28)26-21-17(19(24)29)13-2-1-3-15(13)32-21/h4-7,9-10H,1-3,8H2,(H2,24,29)(H,26,28). The molecule has 0 fully saturated rings. The Bertz CT molecular complexity index is 1440. The van der Waals surface area contributed by atoms with Gasteiger partial charge in [-0.1, -0.05) is 12.1 Å². The van der Waals surface area contributed by atoms with E-state index in [1.54, 1.807) is 17.5 Å². The fourth-order valence-corrected chi connectivity index (χ4v) is 6.21. The minimum Gasteiger partial charge on any atom is -0.365 e. The van der Waals surface area contributed by atoms with Crippen LogP contribution in [0, 0.1) is 5.82 Å². The summed E-state index contributed by atoms with van der Waals surface area (Å²) in [6.07, 6.45) is 3.93. The lowest BCUT2D eigenvalue weighted by Crippen LogP contribution is -2.28. The molecule has 7 nitrogen and oxygen atoms in total. The van der Waals surface area contributed by atoms with Crippen molar-refractivity contribution in [2.24, 2.45) is 5.73 Å². The summed E-state index contributed by atoms with van der Waals surface area (Å²) < 4.78 is 14.5. The monoisotopic (exact) mass is 468 g/mol. The van der Waals surface area contributed by atoms with Gasteiger partial charge in [-0.05, 0) is 42.5 Å². The lowest BCUT2D eigenvalue weighted by Gasteiger charge is -2.08. The number of benzene rings is 1. The molecule has 0 bridgehead atoms. The Labute approximate surface area is 189 Å². The number of nitrogens with one attached hydrogen (secondary N) is 1. The maximum Gasteiger partial charge on any atom is 0.263 e. The lowest BCUT2D eigenvalue weighted by atomic mass is 10.1. The van der Waals surface area contributed by atoms with Crippen LogP contribution in [0.1, 0.15) is 27.2 Å². The lowest BCUT2D eigenvalue weighted by molar-refractivity contribution is -0.116. The molecule has 5 rings (SSSR count). The molecular weight excluding hydrogens is 451 g/mol. The van der Waals surface area contributed by atoms with Crippen molar-refractivity contribution in [3.8, 4) is 11.1 Å². The van der Waals surface area contributed by atoms with Crippen LogP contribution in [-0.4, -0.2) is 21.4 Å². The summed E-state index contributed by atoms with van der Waals surface area (Å²) in [4.78, 5) is 43.7. The van der Waals surface area contributed by atoms with Gasteiger partial charge in [0.25, 0.3) is 11.5 Å². The van der Waals surface area contributed by atoms with Gasteiger partial charge >= 0.3 is 0 Å². The van der Waals surface area contributed by atoms with Gasteiger partial charge < -0.3 is 11.1 Å². The molecule has 0 aliphatic heterocycles. The number of nitrogens with two attached hydrogens (primary N) is 1. The van der Waals surface area contributed by atoms with Crippen LogP contribution >= 0.6 is 22.7 Å². The van der Waals surface area contributed by atoms with E-state index in [1.165, 1.54) is 45.7 Å². The Kier molecular flexibility index (Phi) is 5.10. The Morgan fingerprint density at radius 3 is 2.75 bits per heavy atom. The van der Waals surface area contributed by atoms with Gasteiger partial charge in [0, 0.05) is 15.8 Å². The number of fused-ring (bicyclic) bond motifs is 2. The third kappa shape index (κ3) is 3.51. The number of primary amides is 1. The van der Waals surface area contributed by atoms with E-state index in [0.717, 1.165) is 29.7 Å². The van der Waals surface area contributed by atoms with Gasteiger partial charge in [0.1, 0.15) is 22.2 Å². The molecule has 3 aromatic heterocycles. The minimum absolute atomic E-state index is 0.263. The maximum absolute atomic E-state index is 13.3. The first-order valence-electron chi connectivity index (χ1n) is 9.89. The molecule has 4 aromatic rings. The molecule has 1 aliphatic carbocycles. The first-order chi connectivity index (χ1) is 15.4. The molecule has 10 heteroatoms. The summed E-state index contributed by atoms with van der Waals surface area (Å²) >= 11 is 2.67. The molecule has 0 unspecified atom stereocenters. The minimum atomic E-state index is -0.567. The van der Waals surface area contributed by atoms with Crippen LogP contribution in [0.3, 0.4) is 0 Å². The number of aryl methyl sites for hydroxylation is 1. The van der Waals surface area contributed by atoms with Crippen molar-refractivity contribution < 1.29 is 14.0 Å². The molecular formula is C22H17FN4O3S2. The molecule has 162 valence electrons. The highest BCUT2D eigenvalue weighted by Gasteiger charge is 2.26. The number of rotatable bonds is 5. The second kappa shape index (κ2) is 7.95. The largest absolute Gasteiger partial charge is 0.365 e. The molecule has 1 aliphatic rings. The van der Waals surface area contributed by atoms with Gasteiger partial charge in [0.2, 0.25) is 5.91 Å². The first-order valence-corrected chi connectivity index (χ1v) is 11.6. The predicted octanol–water partition coefficient (Wildman–Crippen LogP) is 3.55. The van der Waals surface area contributed by atoms with Crippen LogP contribution in [0.15, 0.2) is 40.8 Å². The Morgan fingerprint density at radius 1 is 1.22 bits per heavy atom. The number of halogens is 1. The van der Waals surface area contributed by atoms with Crippen LogP contribution in [0.4, 0.5) is 9.39 Å². The number of hydrogen-bond acceptors (Lipinski definition) is 6. The summed E-state index contributed by atoms with van der Waals surface area (Å²) in [7, 11) is 0. The molecule has 0 radical (unpaired) electrons. The van der Waals surface area contributed by atoms with Crippen LogP contribution in [0.2, 0.25) is 0 Å². The van der Waals surface area contributed by atoms with Crippen molar-refractivity contribution in [3.05, 3.63) is 68.1 Å². The molecule has 0 atom stereocenters. The van der Waals surface area contributed by atoms with Gasteiger partial charge in [-0.25, -0.2) is 9.37 Å². The van der Waals surface area contributed by atoms with E-state index in [9.17, 15) is 18.8 Å². The zero-order chi connectivity index (χ0) is 22.4. The predicted molar refractivity (Wildman–Crippen MR) is 123 cm³/mol. The molecule has 32 heavy (non-hydrogen) atoms. The van der Waals surface area contributed by atoms with E-state index < -0.39 is 11.8 Å². The molecule has 0 spiro atoms. The summed E-state index contributed by atoms with van der Waals surface area (Å²) in [5, 5.41) is 5.35. The van der Waals surface area contributed by atoms with Crippen molar-refractivity contribution in [1.82, 2.24) is 9.55 Å². The number of nitrogens with zero attached hydrogens (tertiary/aromatic N) is 2. The molecule has 3 N–H and O–H groups in total. The van der Waals surface area contributed by atoms with Crippen molar-refractivity contribution >= 4 is 49.7 Å². The van der Waals surface area contributed by atoms with Crippen molar-refractivity contribution in [2.75, 3.05) is 5.32 Å². The highest BCUT2D eigenvalue weighted by atomic mass is 32.1. The Morgan fingerprint density at radius 2 is 2.00 bits per heavy atom. The SMILES string of the molecule is NC(=O)c1c(NC(=O)Cn2cnc3scc(-c4ccc(F)cc4)c3c2=O)sc2c1CCC2. The van der Waals surface area contributed by atoms with Crippen LogP contribution in [0.25, 0.3) is 21.3 Å². The fraction of sp³-hybridized carbons (Fsp3) is 0.182. The van der Waals surface area contributed by atoms with E-state index in [2.05, 4.69) is 10.3 Å². The van der Waals surface area contributed by atoms with E-state index in [0.29, 0.717) is 31.9 Å². The fourth-order valence-electron chi connectivity index (χ4n) is 4.00. The van der Waals surface area contributed by atoms with Gasteiger partial charge in [0.05, 0.1) is 17.3 Å². The number of carbonyl (C=O) groups is 2. The Hall–Kier alpha value is -3.37. The van der Waals surface area contributed by atoms with E-state index >= 15 is 0 Å². The molecule has 2 amide bonds. The van der Waals surface area contributed by atoms with Gasteiger partial charge in [0.15, 0.2) is 0 Å². The average Bonchev–Trinajstić information content (AvgIpc) is 3.45. The highest BCUT2D eigenvalue weighted by Crippen LogP contribution is 2.38. The van der Waals surface area contributed by atoms with E-state index in [1.807, 2.05) is 0 Å². The Balaban J connectivity index is 1.45. The zero-order valence-electron chi connectivity index (χ0n) is 16.7. The molecule has 0 saturated carbocycles. The van der Waals surface area contributed by atoms with Crippen LogP contribution in [0.5, 0.6) is 0 Å². The maximum atomic E-state index is 13.3. The topological polar surface area (TPSA) is 107 Å². The molecule has 3 heterocycles. The van der Waals surface area contributed by atoms with Crippen LogP contribution in [-0.2, 0) is 24.2 Å². The van der Waals surface area contributed by atoms with Gasteiger partial charge in [-0.15, -0.1) is 22.7 Å². The quantitative estimate of drug-likeness (QED) is 0.467. The van der Waals surface area contributed by atoms with Gasteiger partial charge in [-0.3, -0.25) is 19.0 Å². The molecule has 1 aromatic carbocycles. The number of aromatic nitrogens is 2. The van der Waals surface area contributed by atoms with Crippen molar-refractivity contribution in [3.63, 3.8) is 0 Å². The van der Waals surface area contributed by atoms with E-state index in [4.69, 9.17) is 5.73 Å². The van der Waals surface area contributed by atoms with Crippen molar-refractivity contribution in [1.29, 1.82) is 0 Å². The summed E-state index contributed by atoms with van der Waals surface area (Å²) in [6.45, 7) is -0.263. The highest BCUT2D eigenvalue weighted by molar-refractivity contribution is 7.17. The molecule has 0 saturated heterocycles. The third-order valence-electron chi connectivity index (χ3n) is 5.45. The normalized spacial score (nSPS) is 12.8. The third-order valence-corrected chi connectivity index (χ3v) is 7.54. The number of carbonyl (C=O) groups excluding carboxylic acids is 2. The number of anilines is 1.